The summed E-state index contributed by atoms with van der Waals surface area (Å²) in [4.78, 5) is 0. The van der Waals surface area contributed by atoms with Crippen molar-refractivity contribution >= 4 is 0 Å². The Bertz CT molecular complexity index is 321. The van der Waals surface area contributed by atoms with Crippen LogP contribution < -0.4 is 10.5 Å². The van der Waals surface area contributed by atoms with E-state index in [1.165, 1.54) is 0 Å². The molecule has 0 atom stereocenters. The van der Waals surface area contributed by atoms with Crippen molar-refractivity contribution in [3.8, 4) is 5.75 Å². The van der Waals surface area contributed by atoms with E-state index in [9.17, 15) is 8.78 Å². The summed E-state index contributed by atoms with van der Waals surface area (Å²) in [5, 5.41) is 0. The number of alkyl halides is 2. The third-order valence-corrected chi connectivity index (χ3v) is 2.13. The van der Waals surface area contributed by atoms with Crippen LogP contribution in [-0.2, 0) is 11.3 Å². The van der Waals surface area contributed by atoms with E-state index in [0.29, 0.717) is 19.6 Å². The van der Waals surface area contributed by atoms with E-state index < -0.39 is 13.0 Å². The van der Waals surface area contributed by atoms with Crippen LogP contribution in [0.2, 0.25) is 0 Å². The highest BCUT2D eigenvalue weighted by atomic mass is 19.3. The van der Waals surface area contributed by atoms with Crippen molar-refractivity contribution in [1.29, 1.82) is 0 Å². The van der Waals surface area contributed by atoms with E-state index in [1.54, 1.807) is 0 Å². The zero-order valence-corrected chi connectivity index (χ0v) is 9.57. The fourth-order valence-corrected chi connectivity index (χ4v) is 1.33. The Kier molecular flexibility index (Phi) is 6.50. The van der Waals surface area contributed by atoms with Gasteiger partial charge < -0.3 is 15.2 Å². The molecule has 0 radical (unpaired) electrons. The molecule has 1 aromatic rings. The Morgan fingerprint density at radius 2 is 1.94 bits per heavy atom. The second kappa shape index (κ2) is 7.97. The first-order valence-corrected chi connectivity index (χ1v) is 5.50. The van der Waals surface area contributed by atoms with Crippen molar-refractivity contribution < 1.29 is 18.3 Å². The Morgan fingerprint density at radius 3 is 2.65 bits per heavy atom. The lowest BCUT2D eigenvalue weighted by molar-refractivity contribution is 0.0138. The minimum atomic E-state index is -2.41. The molecule has 96 valence electrons. The first-order valence-electron chi connectivity index (χ1n) is 5.50. The van der Waals surface area contributed by atoms with Crippen LogP contribution in [0.4, 0.5) is 8.78 Å². The van der Waals surface area contributed by atoms with Crippen LogP contribution in [0.15, 0.2) is 24.3 Å². The first-order chi connectivity index (χ1) is 8.24. The fourth-order valence-electron chi connectivity index (χ4n) is 1.33. The maximum Gasteiger partial charge on any atom is 0.261 e. The molecule has 17 heavy (non-hydrogen) atoms. The van der Waals surface area contributed by atoms with E-state index in [-0.39, 0.29) is 6.61 Å². The smallest absolute Gasteiger partial charge is 0.261 e. The number of ether oxygens (including phenoxy) is 2. The molecule has 0 aliphatic rings. The van der Waals surface area contributed by atoms with E-state index >= 15 is 0 Å². The monoisotopic (exact) mass is 245 g/mol. The van der Waals surface area contributed by atoms with E-state index in [2.05, 4.69) is 0 Å². The summed E-state index contributed by atoms with van der Waals surface area (Å²) in [6, 6.07) is 7.48. The molecule has 3 nitrogen and oxygen atoms in total. The molecule has 0 unspecified atom stereocenters. The van der Waals surface area contributed by atoms with Crippen LogP contribution in [0.1, 0.15) is 12.0 Å². The van der Waals surface area contributed by atoms with Crippen LogP contribution in [0.25, 0.3) is 0 Å². The highest BCUT2D eigenvalue weighted by Crippen LogP contribution is 2.17. The van der Waals surface area contributed by atoms with Gasteiger partial charge in [0.05, 0.1) is 13.2 Å². The third-order valence-electron chi connectivity index (χ3n) is 2.13. The molecule has 0 bridgehead atoms. The highest BCUT2D eigenvalue weighted by Gasteiger charge is 2.02. The van der Waals surface area contributed by atoms with Gasteiger partial charge in [-0.15, -0.1) is 0 Å². The molecule has 1 aromatic carbocycles. The molecule has 0 saturated heterocycles. The lowest BCUT2D eigenvalue weighted by Gasteiger charge is -2.10. The molecule has 0 aliphatic heterocycles. The van der Waals surface area contributed by atoms with Gasteiger partial charge in [0.2, 0.25) is 0 Å². The molecule has 5 heteroatoms. The van der Waals surface area contributed by atoms with Gasteiger partial charge in [0.25, 0.3) is 6.43 Å². The summed E-state index contributed by atoms with van der Waals surface area (Å²) < 4.78 is 33.7. The number of para-hydroxylation sites is 1. The molecule has 0 saturated carbocycles. The second-order valence-corrected chi connectivity index (χ2v) is 3.48. The molecule has 0 spiro atoms. The van der Waals surface area contributed by atoms with Gasteiger partial charge >= 0.3 is 0 Å². The molecule has 0 heterocycles. The third kappa shape index (κ3) is 5.60. The maximum absolute atomic E-state index is 11.7. The molecule has 0 fully saturated rings. The first kappa shape index (κ1) is 13.9. The average molecular weight is 245 g/mol. The minimum absolute atomic E-state index is 0.273. The maximum atomic E-state index is 11.7. The number of hydrogen-bond acceptors (Lipinski definition) is 3. The van der Waals surface area contributed by atoms with E-state index in [1.807, 2.05) is 24.3 Å². The lowest BCUT2D eigenvalue weighted by atomic mass is 10.2. The standard InChI is InChI=1S/C12H17F2NO2/c13-12(14)9-16-6-3-7-17-11-5-2-1-4-10(11)8-15/h1-2,4-5,12H,3,6-9,15H2. The van der Waals surface area contributed by atoms with Crippen molar-refractivity contribution in [3.05, 3.63) is 29.8 Å². The van der Waals surface area contributed by atoms with Gasteiger partial charge in [-0.3, -0.25) is 0 Å². The fraction of sp³-hybridized carbons (Fsp3) is 0.500. The SMILES string of the molecule is NCc1ccccc1OCCCOCC(F)F. The molecule has 0 aliphatic carbocycles. The summed E-state index contributed by atoms with van der Waals surface area (Å²) in [7, 11) is 0. The van der Waals surface area contributed by atoms with Crippen LogP contribution in [0.3, 0.4) is 0 Å². The Morgan fingerprint density at radius 1 is 1.18 bits per heavy atom. The molecule has 2 N–H and O–H groups in total. The summed E-state index contributed by atoms with van der Waals surface area (Å²) in [5.74, 6) is 0.740. The quantitative estimate of drug-likeness (QED) is 0.714. The average Bonchev–Trinajstić information content (AvgIpc) is 2.33. The minimum Gasteiger partial charge on any atom is -0.493 e. The predicted molar refractivity (Wildman–Crippen MR) is 61.3 cm³/mol. The molecule has 0 amide bonds. The highest BCUT2D eigenvalue weighted by molar-refractivity contribution is 5.32. The molecular weight excluding hydrogens is 228 g/mol. The van der Waals surface area contributed by atoms with Crippen LogP contribution >= 0.6 is 0 Å². The Balaban J connectivity index is 2.17. The second-order valence-electron chi connectivity index (χ2n) is 3.48. The van der Waals surface area contributed by atoms with Crippen LogP contribution in [0.5, 0.6) is 5.75 Å². The number of rotatable bonds is 8. The number of benzene rings is 1. The van der Waals surface area contributed by atoms with Gasteiger partial charge in [0.1, 0.15) is 12.4 Å². The summed E-state index contributed by atoms with van der Waals surface area (Å²) >= 11 is 0. The van der Waals surface area contributed by atoms with Gasteiger partial charge in [-0.2, -0.15) is 0 Å². The Hall–Kier alpha value is -1.20. The van der Waals surface area contributed by atoms with Gasteiger partial charge in [-0.1, -0.05) is 18.2 Å². The topological polar surface area (TPSA) is 44.5 Å². The lowest BCUT2D eigenvalue weighted by Crippen LogP contribution is -2.09. The van der Waals surface area contributed by atoms with Crippen LogP contribution in [-0.4, -0.2) is 26.2 Å². The van der Waals surface area contributed by atoms with Crippen molar-refractivity contribution in [2.45, 2.75) is 19.4 Å². The van der Waals surface area contributed by atoms with E-state index in [0.717, 1.165) is 11.3 Å². The van der Waals surface area contributed by atoms with Gasteiger partial charge in [-0.05, 0) is 6.07 Å². The van der Waals surface area contributed by atoms with E-state index in [4.69, 9.17) is 15.2 Å². The van der Waals surface area contributed by atoms with Crippen molar-refractivity contribution in [2.24, 2.45) is 5.73 Å². The van der Waals surface area contributed by atoms with Gasteiger partial charge in [-0.25, -0.2) is 8.78 Å². The zero-order valence-electron chi connectivity index (χ0n) is 9.57. The van der Waals surface area contributed by atoms with Gasteiger partial charge in [0, 0.05) is 18.5 Å². The van der Waals surface area contributed by atoms with Gasteiger partial charge in [0.15, 0.2) is 0 Å². The predicted octanol–water partition coefficient (Wildman–Crippen LogP) is 2.20. The number of hydrogen-bond donors (Lipinski definition) is 1. The summed E-state index contributed by atoms with van der Waals surface area (Å²) in [6.07, 6.45) is -1.83. The largest absolute Gasteiger partial charge is 0.493 e. The number of halogens is 2. The normalized spacial score (nSPS) is 10.8. The van der Waals surface area contributed by atoms with Crippen molar-refractivity contribution in [3.63, 3.8) is 0 Å². The zero-order chi connectivity index (χ0) is 12.5. The van der Waals surface area contributed by atoms with Crippen LogP contribution in [0, 0.1) is 0 Å². The number of nitrogens with two attached hydrogens (primary N) is 1. The summed E-state index contributed by atoms with van der Waals surface area (Å²) in [6.45, 7) is 0.604. The van der Waals surface area contributed by atoms with Crippen molar-refractivity contribution in [2.75, 3.05) is 19.8 Å². The molecular formula is C12H17F2NO2. The Labute approximate surface area is 99.5 Å². The molecule has 0 aromatic heterocycles. The molecule has 1 rings (SSSR count). The summed E-state index contributed by atoms with van der Waals surface area (Å²) in [5.41, 5.74) is 6.48. The van der Waals surface area contributed by atoms with Crippen molar-refractivity contribution in [1.82, 2.24) is 0 Å².